The van der Waals surface area contributed by atoms with E-state index in [0.29, 0.717) is 21.9 Å². The Kier molecular flexibility index (Phi) is 6.86. The first-order chi connectivity index (χ1) is 13.9. The molecule has 3 aromatic rings. The molecule has 0 spiro atoms. The fourth-order valence-corrected chi connectivity index (χ4v) is 4.57. The minimum atomic E-state index is -2.99. The molecule has 2 heterocycles. The van der Waals surface area contributed by atoms with Gasteiger partial charge in [0.05, 0.1) is 16.8 Å². The van der Waals surface area contributed by atoms with Crippen molar-refractivity contribution in [2.24, 2.45) is 0 Å². The Morgan fingerprint density at radius 2 is 2.10 bits per heavy atom. The van der Waals surface area contributed by atoms with E-state index in [4.69, 9.17) is 0 Å². The number of nitrogens with one attached hydrogen (secondary N) is 1. The zero-order valence-corrected chi connectivity index (χ0v) is 17.4. The van der Waals surface area contributed by atoms with E-state index >= 15 is 0 Å². The van der Waals surface area contributed by atoms with Crippen LogP contribution in [0.1, 0.15) is 18.7 Å². The van der Waals surface area contributed by atoms with Gasteiger partial charge in [0.15, 0.2) is 5.16 Å². The lowest BCUT2D eigenvalue weighted by molar-refractivity contribution is -0.113. The molecule has 2 aromatic heterocycles. The van der Waals surface area contributed by atoms with Crippen molar-refractivity contribution < 1.29 is 18.3 Å². The summed E-state index contributed by atoms with van der Waals surface area (Å²) in [6, 6.07) is 7.83. The van der Waals surface area contributed by atoms with Gasteiger partial charge in [0, 0.05) is 11.4 Å². The second-order valence-corrected chi connectivity index (χ2v) is 8.00. The lowest BCUT2D eigenvalue weighted by atomic mass is 10.3. The zero-order valence-electron chi connectivity index (χ0n) is 15.8. The molecule has 0 radical (unpaired) electrons. The number of halogens is 2. The Morgan fingerprint density at radius 1 is 1.34 bits per heavy atom. The number of ether oxygens (including phenoxy) is 1. The maximum Gasteiger partial charge on any atom is 0.387 e. The van der Waals surface area contributed by atoms with E-state index in [1.54, 1.807) is 6.07 Å². The molecule has 0 saturated heterocycles. The second kappa shape index (κ2) is 9.36. The van der Waals surface area contributed by atoms with E-state index in [2.05, 4.69) is 15.0 Å². The second-order valence-electron chi connectivity index (χ2n) is 5.94. The SMILES string of the molecule is CCc1cc2c(=O)n(CC)c(SCC(=O)Nc3ccccc3OC(F)F)nc2s1. The van der Waals surface area contributed by atoms with Crippen LogP contribution in [0.15, 0.2) is 40.3 Å². The molecule has 0 aliphatic heterocycles. The van der Waals surface area contributed by atoms with Gasteiger partial charge in [-0.2, -0.15) is 8.78 Å². The van der Waals surface area contributed by atoms with Gasteiger partial charge in [0.2, 0.25) is 5.91 Å². The first-order valence-electron chi connectivity index (χ1n) is 8.92. The predicted octanol–water partition coefficient (Wildman–Crippen LogP) is 4.37. The number of amides is 1. The number of anilines is 1. The van der Waals surface area contributed by atoms with Crippen LogP contribution in [-0.2, 0) is 17.8 Å². The highest BCUT2D eigenvalue weighted by Gasteiger charge is 2.16. The molecule has 0 fully saturated rings. The van der Waals surface area contributed by atoms with Crippen LogP contribution in [0.25, 0.3) is 10.2 Å². The van der Waals surface area contributed by atoms with Gasteiger partial charge >= 0.3 is 6.61 Å². The van der Waals surface area contributed by atoms with E-state index in [9.17, 15) is 18.4 Å². The van der Waals surface area contributed by atoms with Crippen molar-refractivity contribution in [3.05, 3.63) is 45.6 Å². The molecule has 1 amide bonds. The molecule has 1 aromatic carbocycles. The smallest absolute Gasteiger partial charge is 0.387 e. The highest BCUT2D eigenvalue weighted by atomic mass is 32.2. The number of aryl methyl sites for hydroxylation is 1. The standard InChI is InChI=1S/C19H19F2N3O3S2/c1-3-11-9-12-16(29-11)23-19(24(4-2)17(12)26)28-10-15(25)22-13-7-5-6-8-14(13)27-18(20)21/h5-9,18H,3-4,10H2,1-2H3,(H,22,25). The lowest BCUT2D eigenvalue weighted by Crippen LogP contribution is -2.23. The first-order valence-corrected chi connectivity index (χ1v) is 10.7. The molecule has 0 aliphatic rings. The summed E-state index contributed by atoms with van der Waals surface area (Å²) in [5.41, 5.74) is 0.0209. The zero-order chi connectivity index (χ0) is 21.0. The van der Waals surface area contributed by atoms with Crippen LogP contribution in [0.4, 0.5) is 14.5 Å². The molecule has 0 saturated carbocycles. The van der Waals surface area contributed by atoms with Crippen LogP contribution >= 0.6 is 23.1 Å². The molecular weight excluding hydrogens is 420 g/mol. The molecule has 0 bridgehead atoms. The number of nitrogens with zero attached hydrogens (tertiary/aromatic N) is 2. The van der Waals surface area contributed by atoms with E-state index in [1.807, 2.05) is 19.9 Å². The van der Waals surface area contributed by atoms with Crippen molar-refractivity contribution in [3.63, 3.8) is 0 Å². The van der Waals surface area contributed by atoms with Gasteiger partial charge in [0.25, 0.3) is 5.56 Å². The number of carbonyl (C=O) groups excluding carboxylic acids is 1. The topological polar surface area (TPSA) is 73.2 Å². The third kappa shape index (κ3) is 4.94. The monoisotopic (exact) mass is 439 g/mol. The van der Waals surface area contributed by atoms with Crippen molar-refractivity contribution in [2.75, 3.05) is 11.1 Å². The molecule has 3 rings (SSSR count). The van der Waals surface area contributed by atoms with E-state index in [1.165, 1.54) is 34.1 Å². The molecule has 1 N–H and O–H groups in total. The van der Waals surface area contributed by atoms with Gasteiger partial charge in [0.1, 0.15) is 10.6 Å². The van der Waals surface area contributed by atoms with Gasteiger partial charge in [-0.05, 0) is 31.5 Å². The number of rotatable bonds is 8. The van der Waals surface area contributed by atoms with Crippen LogP contribution in [0.5, 0.6) is 5.75 Å². The number of benzene rings is 1. The van der Waals surface area contributed by atoms with Crippen molar-refractivity contribution in [2.45, 2.75) is 38.6 Å². The number of carbonyl (C=O) groups is 1. The Morgan fingerprint density at radius 3 is 2.79 bits per heavy atom. The van der Waals surface area contributed by atoms with Crippen LogP contribution in [0.2, 0.25) is 0 Å². The third-order valence-corrected chi connectivity index (χ3v) is 6.19. The van der Waals surface area contributed by atoms with Gasteiger partial charge < -0.3 is 10.1 Å². The van der Waals surface area contributed by atoms with Crippen molar-refractivity contribution in [1.29, 1.82) is 0 Å². The number of thiophene rings is 1. The first kappa shape index (κ1) is 21.3. The van der Waals surface area contributed by atoms with Crippen molar-refractivity contribution in [1.82, 2.24) is 9.55 Å². The Bertz CT molecular complexity index is 1080. The third-order valence-electron chi connectivity index (χ3n) is 4.04. The molecule has 6 nitrogen and oxygen atoms in total. The van der Waals surface area contributed by atoms with Crippen LogP contribution < -0.4 is 15.6 Å². The summed E-state index contributed by atoms with van der Waals surface area (Å²) in [6.07, 6.45) is 0.817. The summed E-state index contributed by atoms with van der Waals surface area (Å²) >= 11 is 2.59. The quantitative estimate of drug-likeness (QED) is 0.417. The maximum absolute atomic E-state index is 12.7. The van der Waals surface area contributed by atoms with Crippen molar-refractivity contribution >= 4 is 44.9 Å². The fraction of sp³-hybridized carbons (Fsp3) is 0.316. The number of hydrogen-bond acceptors (Lipinski definition) is 6. The van der Waals surface area contributed by atoms with E-state index in [0.717, 1.165) is 23.1 Å². The molecule has 0 aliphatic carbocycles. The summed E-state index contributed by atoms with van der Waals surface area (Å²) in [7, 11) is 0. The van der Waals surface area contributed by atoms with Gasteiger partial charge in [-0.15, -0.1) is 11.3 Å². The van der Waals surface area contributed by atoms with Crippen LogP contribution in [0.3, 0.4) is 0 Å². The molecule has 0 atom stereocenters. The van der Waals surface area contributed by atoms with Gasteiger partial charge in [-0.25, -0.2) is 4.98 Å². The lowest BCUT2D eigenvalue weighted by Gasteiger charge is -2.12. The van der Waals surface area contributed by atoms with Gasteiger partial charge in [-0.3, -0.25) is 14.2 Å². The number of thioether (sulfide) groups is 1. The van der Waals surface area contributed by atoms with E-state index < -0.39 is 12.5 Å². The number of para-hydroxylation sites is 2. The Balaban J connectivity index is 1.77. The molecular formula is C19H19F2N3O3S2. The number of alkyl halides is 2. The summed E-state index contributed by atoms with van der Waals surface area (Å²) in [5, 5.41) is 3.59. The predicted molar refractivity (Wildman–Crippen MR) is 111 cm³/mol. The summed E-state index contributed by atoms with van der Waals surface area (Å²) in [5.74, 6) is -0.568. The normalized spacial score (nSPS) is 11.2. The number of aromatic nitrogens is 2. The Hall–Kier alpha value is -2.46. The summed E-state index contributed by atoms with van der Waals surface area (Å²) in [6.45, 7) is 1.28. The number of fused-ring (bicyclic) bond motifs is 1. The fourth-order valence-electron chi connectivity index (χ4n) is 2.70. The molecule has 10 heteroatoms. The van der Waals surface area contributed by atoms with E-state index in [-0.39, 0.29) is 22.7 Å². The number of hydrogen-bond donors (Lipinski definition) is 1. The highest BCUT2D eigenvalue weighted by molar-refractivity contribution is 7.99. The summed E-state index contributed by atoms with van der Waals surface area (Å²) < 4.78 is 30.9. The van der Waals surface area contributed by atoms with Crippen LogP contribution in [-0.4, -0.2) is 27.8 Å². The van der Waals surface area contributed by atoms with Crippen molar-refractivity contribution in [3.8, 4) is 5.75 Å². The maximum atomic E-state index is 12.7. The molecule has 154 valence electrons. The van der Waals surface area contributed by atoms with Gasteiger partial charge in [-0.1, -0.05) is 30.8 Å². The molecule has 29 heavy (non-hydrogen) atoms. The minimum Gasteiger partial charge on any atom is -0.433 e. The summed E-state index contributed by atoms with van der Waals surface area (Å²) in [4.78, 5) is 31.3. The highest BCUT2D eigenvalue weighted by Crippen LogP contribution is 2.27. The largest absolute Gasteiger partial charge is 0.433 e. The Labute approximate surface area is 173 Å². The average molecular weight is 440 g/mol. The van der Waals surface area contributed by atoms with Crippen LogP contribution in [0, 0.1) is 0 Å². The minimum absolute atomic E-state index is 0.0348. The molecule has 0 unspecified atom stereocenters. The average Bonchev–Trinajstić information content (AvgIpc) is 3.11.